The van der Waals surface area contributed by atoms with Gasteiger partial charge in [-0.05, 0) is 44.9 Å². The van der Waals surface area contributed by atoms with Gasteiger partial charge in [0.15, 0.2) is 0 Å². The molecule has 2 aromatic rings. The van der Waals surface area contributed by atoms with E-state index in [0.29, 0.717) is 16.9 Å². The summed E-state index contributed by atoms with van der Waals surface area (Å²) in [4.78, 5) is 35.9. The largest absolute Gasteiger partial charge is 0.497 e. The van der Waals surface area contributed by atoms with Gasteiger partial charge in [-0.15, -0.1) is 0 Å². The van der Waals surface area contributed by atoms with E-state index in [1.165, 1.54) is 7.11 Å². The van der Waals surface area contributed by atoms with E-state index in [0.717, 1.165) is 10.9 Å². The summed E-state index contributed by atoms with van der Waals surface area (Å²) >= 11 is 0. The second kappa shape index (κ2) is 8.51. The molecule has 7 nitrogen and oxygen atoms in total. The van der Waals surface area contributed by atoms with Crippen LogP contribution in [0.15, 0.2) is 27.4 Å². The van der Waals surface area contributed by atoms with E-state index in [1.54, 1.807) is 26.0 Å². The molecule has 0 aliphatic carbocycles. The molecule has 0 bridgehead atoms. The van der Waals surface area contributed by atoms with E-state index in [9.17, 15) is 14.4 Å². The van der Waals surface area contributed by atoms with Gasteiger partial charge in [0.2, 0.25) is 5.91 Å². The zero-order valence-electron chi connectivity index (χ0n) is 15.4. The summed E-state index contributed by atoms with van der Waals surface area (Å²) in [5.41, 5.74) is 1.18. The van der Waals surface area contributed by atoms with Crippen molar-refractivity contribution in [2.45, 2.75) is 39.7 Å². The fraction of sp³-hybridized carbons (Fsp3) is 0.421. The lowest BCUT2D eigenvalue weighted by Crippen LogP contribution is -2.39. The standard InChI is InChI=1S/C19H23NO6/c1-5-25-18(22)12(3)20-17(21)9-8-15-11(2)14-7-6-13(24-4)10-16(14)26-19(15)23/h6-7,10,12H,5,8-9H2,1-4H3,(H,20,21). The van der Waals surface area contributed by atoms with Crippen molar-refractivity contribution in [2.24, 2.45) is 0 Å². The number of benzene rings is 1. The lowest BCUT2D eigenvalue weighted by Gasteiger charge is -2.13. The summed E-state index contributed by atoms with van der Waals surface area (Å²) in [6, 6.07) is 4.52. The van der Waals surface area contributed by atoms with Crippen molar-refractivity contribution in [2.75, 3.05) is 13.7 Å². The molecule has 1 heterocycles. The molecule has 7 heteroatoms. The molecule has 1 aromatic carbocycles. The Morgan fingerprint density at radius 2 is 2.04 bits per heavy atom. The average Bonchev–Trinajstić information content (AvgIpc) is 2.61. The third-order valence-electron chi connectivity index (χ3n) is 4.11. The van der Waals surface area contributed by atoms with Gasteiger partial charge in [0.05, 0.1) is 13.7 Å². The Morgan fingerprint density at radius 3 is 2.69 bits per heavy atom. The number of hydrogen-bond acceptors (Lipinski definition) is 6. The fourth-order valence-electron chi connectivity index (χ4n) is 2.67. The van der Waals surface area contributed by atoms with Crippen LogP contribution < -0.4 is 15.7 Å². The zero-order chi connectivity index (χ0) is 19.3. The number of hydrogen-bond donors (Lipinski definition) is 1. The highest BCUT2D eigenvalue weighted by Crippen LogP contribution is 2.24. The zero-order valence-corrected chi connectivity index (χ0v) is 15.4. The Balaban J connectivity index is 2.12. The highest BCUT2D eigenvalue weighted by molar-refractivity contribution is 5.85. The number of rotatable bonds is 7. The van der Waals surface area contributed by atoms with E-state index in [4.69, 9.17) is 13.9 Å². The molecule has 0 radical (unpaired) electrons. The number of fused-ring (bicyclic) bond motifs is 1. The van der Waals surface area contributed by atoms with Gasteiger partial charge < -0.3 is 19.2 Å². The van der Waals surface area contributed by atoms with Crippen LogP contribution in [0.4, 0.5) is 0 Å². The number of aryl methyl sites for hydroxylation is 1. The molecule has 1 aromatic heterocycles. The molecule has 0 aliphatic rings. The average molecular weight is 361 g/mol. The number of ether oxygens (including phenoxy) is 2. The smallest absolute Gasteiger partial charge is 0.339 e. The van der Waals surface area contributed by atoms with Gasteiger partial charge in [-0.1, -0.05) is 0 Å². The van der Waals surface area contributed by atoms with E-state index >= 15 is 0 Å². The SMILES string of the molecule is CCOC(=O)C(C)NC(=O)CCc1c(C)c2ccc(OC)cc2oc1=O. The van der Waals surface area contributed by atoms with Crippen molar-refractivity contribution in [1.82, 2.24) is 5.32 Å². The van der Waals surface area contributed by atoms with Crippen LogP contribution in [0.25, 0.3) is 11.0 Å². The lowest BCUT2D eigenvalue weighted by atomic mass is 10.0. The Bertz CT molecular complexity index is 870. The third kappa shape index (κ3) is 4.41. The third-order valence-corrected chi connectivity index (χ3v) is 4.11. The number of carbonyl (C=O) groups is 2. The summed E-state index contributed by atoms with van der Waals surface area (Å²) in [5.74, 6) is -0.226. The van der Waals surface area contributed by atoms with Crippen LogP contribution in [-0.2, 0) is 20.7 Å². The van der Waals surface area contributed by atoms with E-state index in [1.807, 2.05) is 13.0 Å². The molecule has 1 unspecified atom stereocenters. The van der Waals surface area contributed by atoms with Crippen LogP contribution in [-0.4, -0.2) is 31.6 Å². The Labute approximate surface area is 151 Å². The normalized spacial score (nSPS) is 11.8. The highest BCUT2D eigenvalue weighted by atomic mass is 16.5. The Morgan fingerprint density at radius 1 is 1.31 bits per heavy atom. The van der Waals surface area contributed by atoms with Crippen molar-refractivity contribution in [1.29, 1.82) is 0 Å². The van der Waals surface area contributed by atoms with Gasteiger partial charge in [-0.2, -0.15) is 0 Å². The first-order valence-electron chi connectivity index (χ1n) is 8.43. The first-order valence-corrected chi connectivity index (χ1v) is 8.43. The minimum atomic E-state index is -0.732. The molecular weight excluding hydrogens is 338 g/mol. The van der Waals surface area contributed by atoms with Crippen LogP contribution in [0.1, 0.15) is 31.4 Å². The predicted molar refractivity (Wildman–Crippen MR) is 96.3 cm³/mol. The molecule has 1 amide bonds. The number of methoxy groups -OCH3 is 1. The highest BCUT2D eigenvalue weighted by Gasteiger charge is 2.18. The summed E-state index contributed by atoms with van der Waals surface area (Å²) in [7, 11) is 1.54. The maximum atomic E-state index is 12.3. The van der Waals surface area contributed by atoms with E-state index in [-0.39, 0.29) is 25.4 Å². The first kappa shape index (κ1) is 19.5. The van der Waals surface area contributed by atoms with Crippen LogP contribution in [0.5, 0.6) is 5.75 Å². The summed E-state index contributed by atoms with van der Waals surface area (Å²) < 4.78 is 15.3. The molecule has 1 N–H and O–H groups in total. The molecule has 140 valence electrons. The van der Waals surface area contributed by atoms with Crippen LogP contribution in [0.3, 0.4) is 0 Å². The number of amides is 1. The summed E-state index contributed by atoms with van der Waals surface area (Å²) in [5, 5.41) is 3.36. The maximum absolute atomic E-state index is 12.3. The van der Waals surface area contributed by atoms with Crippen LogP contribution in [0.2, 0.25) is 0 Å². The molecule has 0 saturated heterocycles. The molecular formula is C19H23NO6. The van der Waals surface area contributed by atoms with Gasteiger partial charge in [0.25, 0.3) is 0 Å². The molecule has 0 aliphatic heterocycles. The topological polar surface area (TPSA) is 94.8 Å². The van der Waals surface area contributed by atoms with Crippen LogP contribution in [0, 0.1) is 6.92 Å². The first-order chi connectivity index (χ1) is 12.4. The summed E-state index contributed by atoms with van der Waals surface area (Å²) in [6.45, 7) is 5.32. The second-order valence-electron chi connectivity index (χ2n) is 5.90. The van der Waals surface area contributed by atoms with Gasteiger partial charge >= 0.3 is 11.6 Å². The fourth-order valence-corrected chi connectivity index (χ4v) is 2.67. The van der Waals surface area contributed by atoms with Gasteiger partial charge in [0.1, 0.15) is 17.4 Å². The lowest BCUT2D eigenvalue weighted by molar-refractivity contribution is -0.146. The van der Waals surface area contributed by atoms with Crippen molar-refractivity contribution in [3.05, 3.63) is 39.7 Å². The minimum absolute atomic E-state index is 0.0665. The van der Waals surface area contributed by atoms with Gasteiger partial charge in [-0.25, -0.2) is 9.59 Å². The predicted octanol–water partition coefficient (Wildman–Crippen LogP) is 2.11. The molecule has 0 spiro atoms. The van der Waals surface area contributed by atoms with Crippen molar-refractivity contribution in [3.63, 3.8) is 0 Å². The molecule has 2 rings (SSSR count). The Kier molecular flexibility index (Phi) is 6.38. The van der Waals surface area contributed by atoms with E-state index in [2.05, 4.69) is 5.32 Å². The number of nitrogens with one attached hydrogen (secondary N) is 1. The molecule has 26 heavy (non-hydrogen) atoms. The van der Waals surface area contributed by atoms with Crippen LogP contribution >= 0.6 is 0 Å². The monoisotopic (exact) mass is 361 g/mol. The van der Waals surface area contributed by atoms with E-state index < -0.39 is 17.6 Å². The van der Waals surface area contributed by atoms with Crippen molar-refractivity contribution >= 4 is 22.8 Å². The Hall–Kier alpha value is -2.83. The second-order valence-corrected chi connectivity index (χ2v) is 5.90. The van der Waals surface area contributed by atoms with Crippen molar-refractivity contribution < 1.29 is 23.5 Å². The molecule has 0 saturated carbocycles. The molecule has 0 fully saturated rings. The minimum Gasteiger partial charge on any atom is -0.497 e. The number of carbonyl (C=O) groups excluding carboxylic acids is 2. The summed E-state index contributed by atoms with van der Waals surface area (Å²) in [6.07, 6.45) is 0.286. The van der Waals surface area contributed by atoms with Gasteiger partial charge in [-0.3, -0.25) is 4.79 Å². The quantitative estimate of drug-likeness (QED) is 0.599. The van der Waals surface area contributed by atoms with Gasteiger partial charge in [0, 0.05) is 23.4 Å². The van der Waals surface area contributed by atoms with Crippen molar-refractivity contribution in [3.8, 4) is 5.75 Å². The molecule has 1 atom stereocenters. The number of esters is 1. The maximum Gasteiger partial charge on any atom is 0.339 e.